The zero-order valence-corrected chi connectivity index (χ0v) is 12.9. The highest BCUT2D eigenvalue weighted by Gasteiger charge is 2.25. The van der Waals surface area contributed by atoms with Gasteiger partial charge in [0.15, 0.2) is 0 Å². The molecule has 4 rings (SSSR count). The van der Waals surface area contributed by atoms with Gasteiger partial charge in [0.05, 0.1) is 12.1 Å². The van der Waals surface area contributed by atoms with Crippen molar-refractivity contribution in [3.63, 3.8) is 0 Å². The van der Waals surface area contributed by atoms with Crippen LogP contribution >= 0.6 is 0 Å². The van der Waals surface area contributed by atoms with E-state index in [1.165, 1.54) is 11.6 Å². The molecule has 5 heteroatoms. The monoisotopic (exact) mass is 320 g/mol. The van der Waals surface area contributed by atoms with Crippen LogP contribution in [0, 0.1) is 0 Å². The second kappa shape index (κ2) is 5.85. The molecule has 0 fully saturated rings. The number of hydrogen-bond donors (Lipinski definition) is 1. The quantitative estimate of drug-likeness (QED) is 0.787. The molecule has 3 aromatic rings. The number of carbonyl (C=O) groups excluding carboxylic acids is 1. The first kappa shape index (κ1) is 14.5. The molecule has 1 aliphatic rings. The second-order valence-corrected chi connectivity index (χ2v) is 5.84. The minimum atomic E-state index is -0.546. The lowest BCUT2D eigenvalue weighted by atomic mass is 10.1. The van der Waals surface area contributed by atoms with Crippen LogP contribution in [0.3, 0.4) is 0 Å². The van der Waals surface area contributed by atoms with Gasteiger partial charge in [-0.05, 0) is 24.0 Å². The summed E-state index contributed by atoms with van der Waals surface area (Å²) in [4.78, 5) is 24.3. The predicted octanol–water partition coefficient (Wildman–Crippen LogP) is 3.35. The predicted molar refractivity (Wildman–Crippen MR) is 89.8 cm³/mol. The number of rotatable bonds is 2. The van der Waals surface area contributed by atoms with Gasteiger partial charge in [-0.25, -0.2) is 9.59 Å². The van der Waals surface area contributed by atoms with Gasteiger partial charge >= 0.3 is 11.7 Å². The lowest BCUT2D eigenvalue weighted by Crippen LogP contribution is -2.31. The summed E-state index contributed by atoms with van der Waals surface area (Å²) in [5, 5.41) is 2.97. The highest BCUT2D eigenvalue weighted by molar-refractivity contribution is 5.81. The molecule has 0 saturated carbocycles. The summed E-state index contributed by atoms with van der Waals surface area (Å²) < 4.78 is 6.12. The highest BCUT2D eigenvalue weighted by Crippen LogP contribution is 2.31. The van der Waals surface area contributed by atoms with Gasteiger partial charge in [-0.1, -0.05) is 54.6 Å². The molecule has 0 aliphatic heterocycles. The van der Waals surface area contributed by atoms with Gasteiger partial charge in [0.2, 0.25) is 0 Å². The summed E-state index contributed by atoms with van der Waals surface area (Å²) in [7, 11) is 0. The van der Waals surface area contributed by atoms with Crippen LogP contribution in [-0.4, -0.2) is 10.8 Å². The van der Waals surface area contributed by atoms with Crippen molar-refractivity contribution in [3.8, 4) is 11.3 Å². The van der Waals surface area contributed by atoms with E-state index in [2.05, 4.69) is 11.4 Å². The number of carbonyl (C=O) groups is 1. The van der Waals surface area contributed by atoms with E-state index in [0.717, 1.165) is 28.7 Å². The zero-order chi connectivity index (χ0) is 16.5. The van der Waals surface area contributed by atoms with Crippen molar-refractivity contribution in [2.24, 2.45) is 0 Å². The van der Waals surface area contributed by atoms with Gasteiger partial charge < -0.3 is 9.84 Å². The highest BCUT2D eigenvalue weighted by atomic mass is 16.5. The summed E-state index contributed by atoms with van der Waals surface area (Å²) in [6, 6.07) is 18.1. The third-order valence-corrected chi connectivity index (χ3v) is 4.34. The average Bonchev–Trinajstić information content (AvgIpc) is 3.20. The second-order valence-electron chi connectivity index (χ2n) is 5.84. The van der Waals surface area contributed by atoms with Crippen LogP contribution in [0.2, 0.25) is 0 Å². The molecule has 1 atom stereocenters. The first-order chi connectivity index (χ1) is 11.7. The van der Waals surface area contributed by atoms with Crippen LogP contribution in [0.1, 0.15) is 23.6 Å². The van der Waals surface area contributed by atoms with E-state index >= 15 is 0 Å². The van der Waals surface area contributed by atoms with Gasteiger partial charge in [0.25, 0.3) is 0 Å². The first-order valence-electron chi connectivity index (χ1n) is 7.90. The fourth-order valence-corrected chi connectivity index (χ4v) is 3.21. The van der Waals surface area contributed by atoms with Crippen molar-refractivity contribution >= 4 is 6.03 Å². The largest absolute Gasteiger partial charge is 0.358 e. The van der Waals surface area contributed by atoms with Crippen LogP contribution < -0.4 is 10.9 Å². The SMILES string of the molecule is O=C(N[C@@H]1CCc2ccccc21)n1oc(=O)cc1-c1ccccc1. The maximum atomic E-state index is 12.6. The summed E-state index contributed by atoms with van der Waals surface area (Å²) in [6.45, 7) is 0. The minimum absolute atomic E-state index is 0.0648. The molecule has 1 aromatic heterocycles. The Hall–Kier alpha value is -3.08. The molecular formula is C19H16N2O3. The summed E-state index contributed by atoms with van der Waals surface area (Å²) in [5.74, 6) is 0. The Morgan fingerprint density at radius 2 is 1.83 bits per heavy atom. The fraction of sp³-hybridized carbons (Fsp3) is 0.158. The number of benzene rings is 2. The number of nitrogens with one attached hydrogen (secondary N) is 1. The Morgan fingerprint density at radius 1 is 1.08 bits per heavy atom. The number of hydrogen-bond acceptors (Lipinski definition) is 3. The molecule has 120 valence electrons. The van der Waals surface area contributed by atoms with Crippen molar-refractivity contribution in [1.29, 1.82) is 0 Å². The Balaban J connectivity index is 1.64. The van der Waals surface area contributed by atoms with E-state index in [1.807, 2.05) is 48.5 Å². The van der Waals surface area contributed by atoms with Crippen molar-refractivity contribution in [3.05, 3.63) is 82.2 Å². The zero-order valence-electron chi connectivity index (χ0n) is 12.9. The standard InChI is InChI=1S/C19H16N2O3/c22-18-12-17(14-7-2-1-3-8-14)21(24-18)19(23)20-16-11-10-13-6-4-5-9-15(13)16/h1-9,12,16H,10-11H2,(H,20,23)/t16-/m1/s1. The molecule has 0 unspecified atom stereocenters. The van der Waals surface area contributed by atoms with Gasteiger partial charge in [-0.3, -0.25) is 0 Å². The molecule has 0 bridgehead atoms. The normalized spacial score (nSPS) is 15.9. The van der Waals surface area contributed by atoms with Crippen LogP contribution in [0.25, 0.3) is 11.3 Å². The first-order valence-corrected chi connectivity index (χ1v) is 7.90. The smallest absolute Gasteiger partial charge is 0.328 e. The molecule has 1 N–H and O–H groups in total. The van der Waals surface area contributed by atoms with Gasteiger partial charge in [-0.15, -0.1) is 4.74 Å². The van der Waals surface area contributed by atoms with Crippen LogP contribution in [0.5, 0.6) is 0 Å². The fourth-order valence-electron chi connectivity index (χ4n) is 3.21. The van der Waals surface area contributed by atoms with E-state index in [9.17, 15) is 9.59 Å². The molecule has 24 heavy (non-hydrogen) atoms. The van der Waals surface area contributed by atoms with E-state index in [0.29, 0.717) is 5.69 Å². The third-order valence-electron chi connectivity index (χ3n) is 4.34. The number of aromatic nitrogens is 1. The number of aryl methyl sites for hydroxylation is 1. The van der Waals surface area contributed by atoms with Crippen LogP contribution in [0.4, 0.5) is 4.79 Å². The van der Waals surface area contributed by atoms with Crippen molar-refractivity contribution < 1.29 is 9.32 Å². The molecule has 5 nitrogen and oxygen atoms in total. The maximum Gasteiger partial charge on any atom is 0.358 e. The average molecular weight is 320 g/mol. The van der Waals surface area contributed by atoms with Crippen LogP contribution in [0.15, 0.2) is 70.0 Å². The van der Waals surface area contributed by atoms with Crippen molar-refractivity contribution in [2.75, 3.05) is 0 Å². The third kappa shape index (κ3) is 2.54. The maximum absolute atomic E-state index is 12.6. The summed E-state index contributed by atoms with van der Waals surface area (Å²) >= 11 is 0. The van der Waals surface area contributed by atoms with E-state index in [1.54, 1.807) is 0 Å². The Morgan fingerprint density at radius 3 is 2.67 bits per heavy atom. The Labute approximate surface area is 138 Å². The van der Waals surface area contributed by atoms with Crippen LogP contribution in [-0.2, 0) is 6.42 Å². The number of fused-ring (bicyclic) bond motifs is 1. The minimum Gasteiger partial charge on any atom is -0.328 e. The number of nitrogens with zero attached hydrogens (tertiary/aromatic N) is 1. The van der Waals surface area contributed by atoms with E-state index in [4.69, 9.17) is 4.52 Å². The topological polar surface area (TPSA) is 64.2 Å². The molecule has 1 aliphatic carbocycles. The summed E-state index contributed by atoms with van der Waals surface area (Å²) in [6.07, 6.45) is 1.78. The molecule has 1 heterocycles. The molecule has 1 amide bonds. The summed E-state index contributed by atoms with van der Waals surface area (Å²) in [5.41, 5.74) is 3.03. The molecule has 0 radical (unpaired) electrons. The molecule has 0 spiro atoms. The Bertz CT molecular complexity index is 941. The van der Waals surface area contributed by atoms with E-state index < -0.39 is 11.7 Å². The lowest BCUT2D eigenvalue weighted by Gasteiger charge is -2.14. The Kier molecular flexibility index (Phi) is 3.54. The van der Waals surface area contributed by atoms with Gasteiger partial charge in [0, 0.05) is 5.56 Å². The molecule has 2 aromatic carbocycles. The van der Waals surface area contributed by atoms with Gasteiger partial charge in [0.1, 0.15) is 5.69 Å². The molecule has 0 saturated heterocycles. The lowest BCUT2D eigenvalue weighted by molar-refractivity contribution is 0.204. The van der Waals surface area contributed by atoms with Gasteiger partial charge in [-0.2, -0.15) is 0 Å². The van der Waals surface area contributed by atoms with Crippen molar-refractivity contribution in [2.45, 2.75) is 18.9 Å². The molecular weight excluding hydrogens is 304 g/mol. The number of amides is 1. The van der Waals surface area contributed by atoms with Crippen molar-refractivity contribution in [1.82, 2.24) is 10.1 Å². The van der Waals surface area contributed by atoms with E-state index in [-0.39, 0.29) is 6.04 Å².